The summed E-state index contributed by atoms with van der Waals surface area (Å²) in [4.78, 5) is 0. The van der Waals surface area contributed by atoms with E-state index >= 15 is 0 Å². The molecule has 2 rings (SSSR count). The predicted molar refractivity (Wildman–Crippen MR) is 121 cm³/mol. The molecule has 0 heterocycles. The molecular weight excluding hydrogens is 349 g/mol. The van der Waals surface area contributed by atoms with Crippen molar-refractivity contribution in [1.82, 2.24) is 5.32 Å². The molecular formula is C22H36AlNOSi. The summed E-state index contributed by atoms with van der Waals surface area (Å²) < 4.78 is 6.68. The van der Waals surface area contributed by atoms with Gasteiger partial charge in [0.25, 0.3) is 22.5 Å². The third kappa shape index (κ3) is 6.37. The summed E-state index contributed by atoms with van der Waals surface area (Å²) in [5.41, 5.74) is 0. The van der Waals surface area contributed by atoms with Gasteiger partial charge in [0, 0.05) is 13.2 Å². The molecule has 0 fully saturated rings. The summed E-state index contributed by atoms with van der Waals surface area (Å²) in [7, 11) is -0.360. The Morgan fingerprint density at radius 2 is 1.23 bits per heavy atom. The summed E-state index contributed by atoms with van der Waals surface area (Å²) in [6.07, 6.45) is 0. The molecule has 2 aromatic rings. The van der Waals surface area contributed by atoms with E-state index in [9.17, 15) is 0 Å². The van der Waals surface area contributed by atoms with Gasteiger partial charge in [0.15, 0.2) is 0 Å². The van der Waals surface area contributed by atoms with E-state index in [4.69, 9.17) is 4.43 Å². The number of rotatable bonds is 6. The quantitative estimate of drug-likeness (QED) is 0.596. The van der Waals surface area contributed by atoms with Gasteiger partial charge in [-0.25, -0.2) is 0 Å². The van der Waals surface area contributed by atoms with Gasteiger partial charge >= 0.3 is 0 Å². The van der Waals surface area contributed by atoms with Crippen molar-refractivity contribution in [1.29, 1.82) is 0 Å². The second-order valence-electron chi connectivity index (χ2n) is 8.35. The van der Waals surface area contributed by atoms with Crippen LogP contribution in [0.4, 0.5) is 0 Å². The third-order valence-corrected chi connectivity index (χ3v) is 9.13. The molecule has 0 aliphatic rings. The molecule has 0 aliphatic carbocycles. The van der Waals surface area contributed by atoms with Gasteiger partial charge in [-0.3, -0.25) is 0 Å². The molecule has 0 atom stereocenters. The lowest BCUT2D eigenvalue weighted by Gasteiger charge is -2.43. The van der Waals surface area contributed by atoms with E-state index in [-0.39, 0.29) is 19.2 Å². The minimum atomic E-state index is -2.33. The first kappa shape index (κ1) is 23.1. The maximum Gasteiger partial charge on any atom is 0.261 e. The molecule has 0 unspecified atom stereocenters. The first-order valence-electron chi connectivity index (χ1n) is 9.65. The fourth-order valence-corrected chi connectivity index (χ4v) is 7.63. The zero-order chi connectivity index (χ0) is 19.6. The van der Waals surface area contributed by atoms with Crippen molar-refractivity contribution in [3.8, 4) is 0 Å². The highest BCUT2D eigenvalue weighted by atomic mass is 28.4. The fraction of sp³-hybridized carbons (Fsp3) is 0.455. The topological polar surface area (TPSA) is 21.3 Å². The van der Waals surface area contributed by atoms with Crippen LogP contribution in [0.3, 0.4) is 0 Å². The average Bonchev–Trinajstić information content (AvgIpc) is 2.59. The number of nitrogens with one attached hydrogen (secondary N) is 1. The van der Waals surface area contributed by atoms with Gasteiger partial charge in [-0.05, 0) is 22.5 Å². The van der Waals surface area contributed by atoms with Gasteiger partial charge < -0.3 is 9.74 Å². The standard InChI is InChI=1S/C19H27NOSi.3CH3.Al/c1-19(2,3)22(21-16-15-20-4,17-11-7-5-8-12-17)18-13-9-6-10-14-18;;;;/h5-14,20H,15-16H2,1-4H3;3*1H3;. The van der Waals surface area contributed by atoms with Crippen LogP contribution >= 0.6 is 0 Å². The minimum absolute atomic E-state index is 0.0590. The van der Waals surface area contributed by atoms with Gasteiger partial charge in [0.1, 0.15) is 0 Å². The van der Waals surface area contributed by atoms with Crippen LogP contribution < -0.4 is 15.7 Å². The first-order valence-corrected chi connectivity index (χ1v) is 15.0. The highest BCUT2D eigenvalue weighted by Crippen LogP contribution is 2.36. The lowest BCUT2D eigenvalue weighted by Crippen LogP contribution is -2.66. The van der Waals surface area contributed by atoms with E-state index in [1.807, 2.05) is 7.05 Å². The van der Waals surface area contributed by atoms with Crippen molar-refractivity contribution in [2.24, 2.45) is 0 Å². The molecule has 2 aromatic carbocycles. The molecule has 0 aliphatic heterocycles. The Kier molecular flexibility index (Phi) is 9.85. The van der Waals surface area contributed by atoms with Crippen molar-refractivity contribution in [3.05, 3.63) is 60.7 Å². The largest absolute Gasteiger partial charge is 0.406 e. The summed E-state index contributed by atoms with van der Waals surface area (Å²) in [6.45, 7) is 8.50. The van der Waals surface area contributed by atoms with Crippen molar-refractivity contribution in [2.75, 3.05) is 20.2 Å². The monoisotopic (exact) mass is 385 g/mol. The number of hydrogen-bond acceptors (Lipinski definition) is 2. The van der Waals surface area contributed by atoms with Crippen LogP contribution in [0, 0.1) is 0 Å². The maximum absolute atomic E-state index is 6.68. The zero-order valence-electron chi connectivity index (χ0n) is 17.7. The van der Waals surface area contributed by atoms with E-state index in [0.717, 1.165) is 13.2 Å². The number of likely N-dealkylation sites (N-methyl/N-ethyl adjacent to an activating group) is 1. The molecule has 1 N–H and O–H groups in total. The molecule has 142 valence electrons. The molecule has 0 saturated heterocycles. The van der Waals surface area contributed by atoms with Gasteiger partial charge in [0.2, 0.25) is 0 Å². The zero-order valence-corrected chi connectivity index (χ0v) is 19.8. The SMILES string of the molecule is CNCCO[Si](c1ccccc1)(c1ccccc1)C(C)(C)C.[CH3][Al]([CH3])[CH3]. The summed E-state index contributed by atoms with van der Waals surface area (Å²) >= 11 is -0.139. The van der Waals surface area contributed by atoms with E-state index in [2.05, 4.69) is 104 Å². The maximum atomic E-state index is 6.68. The Labute approximate surface area is 166 Å². The molecule has 26 heavy (non-hydrogen) atoms. The number of hydrogen-bond donors (Lipinski definition) is 1. The van der Waals surface area contributed by atoms with Gasteiger partial charge in [-0.2, -0.15) is 0 Å². The molecule has 0 aromatic heterocycles. The van der Waals surface area contributed by atoms with E-state index < -0.39 is 8.32 Å². The van der Waals surface area contributed by atoms with Gasteiger partial charge in [0.05, 0.1) is 0 Å². The molecule has 4 heteroatoms. The fourth-order valence-electron chi connectivity index (χ4n) is 3.07. The van der Waals surface area contributed by atoms with Gasteiger partial charge in [-0.1, -0.05) is 81.4 Å². The normalized spacial score (nSPS) is 11.5. The van der Waals surface area contributed by atoms with Crippen molar-refractivity contribution in [2.45, 2.75) is 43.2 Å². The van der Waals surface area contributed by atoms with Crippen molar-refractivity contribution < 1.29 is 4.43 Å². The lowest BCUT2D eigenvalue weighted by atomic mass is 10.2. The van der Waals surface area contributed by atoms with Crippen LogP contribution in [0.2, 0.25) is 22.4 Å². The Morgan fingerprint density at radius 3 is 1.54 bits per heavy atom. The smallest absolute Gasteiger partial charge is 0.261 e. The predicted octanol–water partition coefficient (Wildman–Crippen LogP) is 4.15. The second-order valence-corrected chi connectivity index (χ2v) is 16.1. The van der Waals surface area contributed by atoms with Crippen LogP contribution in [0.1, 0.15) is 20.8 Å². The molecule has 0 spiro atoms. The van der Waals surface area contributed by atoms with Crippen LogP contribution in [0.5, 0.6) is 0 Å². The van der Waals surface area contributed by atoms with Crippen LogP contribution in [0.15, 0.2) is 60.7 Å². The Hall–Kier alpha value is -0.891. The van der Waals surface area contributed by atoms with Crippen LogP contribution in [-0.2, 0) is 4.43 Å². The highest BCUT2D eigenvalue weighted by molar-refractivity contribution is 6.99. The summed E-state index contributed by atoms with van der Waals surface area (Å²) in [6, 6.07) is 21.5. The Bertz CT molecular complexity index is 569. The Balaban J connectivity index is 0.000000765. The average molecular weight is 386 g/mol. The molecule has 0 radical (unpaired) electrons. The minimum Gasteiger partial charge on any atom is -0.406 e. The third-order valence-electron chi connectivity index (χ3n) is 4.09. The highest BCUT2D eigenvalue weighted by Gasteiger charge is 2.49. The van der Waals surface area contributed by atoms with Crippen molar-refractivity contribution >= 4 is 32.8 Å². The number of benzene rings is 2. The van der Waals surface area contributed by atoms with E-state index in [1.54, 1.807) is 0 Å². The molecule has 0 bridgehead atoms. The van der Waals surface area contributed by atoms with Gasteiger partial charge in [-0.15, -0.1) is 17.4 Å². The molecule has 2 nitrogen and oxygen atoms in total. The first-order chi connectivity index (χ1) is 12.3. The van der Waals surface area contributed by atoms with Crippen LogP contribution in [0.25, 0.3) is 0 Å². The Morgan fingerprint density at radius 1 is 0.846 bits per heavy atom. The summed E-state index contributed by atoms with van der Waals surface area (Å²) in [5.74, 6) is 6.92. The lowest BCUT2D eigenvalue weighted by molar-refractivity contribution is 0.299. The molecule has 0 saturated carbocycles. The van der Waals surface area contributed by atoms with E-state index in [1.165, 1.54) is 10.4 Å². The van der Waals surface area contributed by atoms with Crippen molar-refractivity contribution in [3.63, 3.8) is 0 Å². The summed E-state index contributed by atoms with van der Waals surface area (Å²) in [5, 5.41) is 5.93. The van der Waals surface area contributed by atoms with E-state index in [0.29, 0.717) is 0 Å². The van der Waals surface area contributed by atoms with Crippen LogP contribution in [-0.4, -0.2) is 42.7 Å². The second kappa shape index (κ2) is 11.1. The molecule has 0 amide bonds.